The van der Waals surface area contributed by atoms with Crippen molar-refractivity contribution in [1.29, 1.82) is 0 Å². The summed E-state index contributed by atoms with van der Waals surface area (Å²) in [5, 5.41) is 14.6. The number of piperidine rings is 1. The van der Waals surface area contributed by atoms with Gasteiger partial charge in [0, 0.05) is 36.3 Å². The van der Waals surface area contributed by atoms with Gasteiger partial charge in [0.05, 0.1) is 12.0 Å². The van der Waals surface area contributed by atoms with Crippen LogP contribution in [0.3, 0.4) is 0 Å². The van der Waals surface area contributed by atoms with E-state index in [2.05, 4.69) is 10.2 Å². The highest BCUT2D eigenvalue weighted by atomic mass is 16.6. The fraction of sp³-hybridized carbons (Fsp3) is 0.625. The molecule has 120 valence electrons. The zero-order chi connectivity index (χ0) is 15.7. The van der Waals surface area contributed by atoms with Crippen molar-refractivity contribution in [2.24, 2.45) is 5.41 Å². The predicted molar refractivity (Wildman–Crippen MR) is 85.8 cm³/mol. The van der Waals surface area contributed by atoms with Gasteiger partial charge in [-0.25, -0.2) is 0 Å². The molecule has 2 aliphatic rings. The summed E-state index contributed by atoms with van der Waals surface area (Å²) >= 11 is 0. The van der Waals surface area contributed by atoms with Crippen LogP contribution in [-0.2, 0) is 6.42 Å². The molecule has 1 aromatic rings. The van der Waals surface area contributed by atoms with Crippen LogP contribution in [0, 0.1) is 15.5 Å². The smallest absolute Gasteiger partial charge is 0.311 e. The van der Waals surface area contributed by atoms with Gasteiger partial charge in [-0.2, -0.15) is 0 Å². The van der Waals surface area contributed by atoms with E-state index in [1.54, 1.807) is 6.07 Å². The lowest BCUT2D eigenvalue weighted by molar-refractivity contribution is -0.385. The number of nitrogens with zero attached hydrogens (tertiary/aromatic N) is 2. The number of anilines is 1. The first-order valence-electron chi connectivity index (χ1n) is 7.89. The number of hydrogen-bond acceptors (Lipinski definition) is 5. The van der Waals surface area contributed by atoms with E-state index in [4.69, 9.17) is 4.74 Å². The zero-order valence-electron chi connectivity index (χ0n) is 13.2. The van der Waals surface area contributed by atoms with Gasteiger partial charge in [-0.15, -0.1) is 0 Å². The first-order chi connectivity index (χ1) is 10.6. The summed E-state index contributed by atoms with van der Waals surface area (Å²) in [4.78, 5) is 13.1. The van der Waals surface area contributed by atoms with Crippen molar-refractivity contribution in [2.45, 2.75) is 26.2 Å². The molecule has 0 aliphatic carbocycles. The minimum atomic E-state index is -0.369. The highest BCUT2D eigenvalue weighted by Gasteiger charge is 2.44. The normalized spacial score (nSPS) is 19.8. The summed E-state index contributed by atoms with van der Waals surface area (Å²) < 4.78 is 5.22. The van der Waals surface area contributed by atoms with Crippen LogP contribution < -0.4 is 15.0 Å². The number of ether oxygens (including phenoxy) is 1. The molecule has 0 aromatic heterocycles. The third-order valence-corrected chi connectivity index (χ3v) is 5.02. The number of benzene rings is 1. The summed E-state index contributed by atoms with van der Waals surface area (Å²) in [6.45, 7) is 6.32. The van der Waals surface area contributed by atoms with Crippen LogP contribution in [-0.4, -0.2) is 38.2 Å². The van der Waals surface area contributed by atoms with Crippen LogP contribution in [0.1, 0.15) is 25.3 Å². The second kappa shape index (κ2) is 5.76. The van der Waals surface area contributed by atoms with E-state index in [0.717, 1.165) is 43.9 Å². The average molecular weight is 305 g/mol. The van der Waals surface area contributed by atoms with Crippen LogP contribution in [0.4, 0.5) is 11.4 Å². The Balaban J connectivity index is 1.86. The molecule has 0 amide bonds. The van der Waals surface area contributed by atoms with E-state index in [1.165, 1.54) is 20.0 Å². The quantitative estimate of drug-likeness (QED) is 0.683. The maximum Gasteiger partial charge on any atom is 0.311 e. The number of nitro groups is 1. The fourth-order valence-corrected chi connectivity index (χ4v) is 3.69. The molecule has 2 saturated heterocycles. The number of nitrogens with one attached hydrogen (secondary N) is 1. The topological polar surface area (TPSA) is 67.6 Å². The standard InChI is InChI=1S/C16H23N3O3/c1-3-12-8-14(19(20)21)15(22-2)9-13(12)18-10-16(11-18)4-6-17-7-5-16/h8-9,17H,3-7,10-11H2,1-2H3. The van der Waals surface area contributed by atoms with Gasteiger partial charge >= 0.3 is 5.69 Å². The highest BCUT2D eigenvalue weighted by molar-refractivity contribution is 5.66. The number of aryl methyl sites for hydroxylation is 1. The van der Waals surface area contributed by atoms with E-state index in [0.29, 0.717) is 11.2 Å². The summed E-state index contributed by atoms with van der Waals surface area (Å²) in [7, 11) is 1.49. The van der Waals surface area contributed by atoms with Crippen molar-refractivity contribution >= 4 is 11.4 Å². The van der Waals surface area contributed by atoms with Crippen molar-refractivity contribution in [2.75, 3.05) is 38.2 Å². The van der Waals surface area contributed by atoms with Gasteiger partial charge < -0.3 is 15.0 Å². The Morgan fingerprint density at radius 3 is 2.59 bits per heavy atom. The Labute approximate surface area is 130 Å². The van der Waals surface area contributed by atoms with Crippen molar-refractivity contribution in [3.63, 3.8) is 0 Å². The molecule has 1 N–H and O–H groups in total. The van der Waals surface area contributed by atoms with Crippen molar-refractivity contribution < 1.29 is 9.66 Å². The van der Waals surface area contributed by atoms with E-state index in [-0.39, 0.29) is 10.6 Å². The molecule has 2 aliphatic heterocycles. The van der Waals surface area contributed by atoms with E-state index in [9.17, 15) is 10.1 Å². The van der Waals surface area contributed by atoms with Gasteiger partial charge in [-0.3, -0.25) is 10.1 Å². The summed E-state index contributed by atoms with van der Waals surface area (Å²) in [5.74, 6) is 0.350. The molecule has 3 rings (SSSR count). The first-order valence-corrected chi connectivity index (χ1v) is 7.89. The molecule has 0 bridgehead atoms. The largest absolute Gasteiger partial charge is 0.490 e. The molecule has 0 unspecified atom stereocenters. The minimum absolute atomic E-state index is 0.0557. The first kappa shape index (κ1) is 15.1. The Kier molecular flexibility index (Phi) is 3.95. The highest BCUT2D eigenvalue weighted by Crippen LogP contribution is 2.44. The molecule has 6 nitrogen and oxygen atoms in total. The molecule has 1 spiro atoms. The van der Waals surface area contributed by atoms with Gasteiger partial charge in [0.15, 0.2) is 5.75 Å². The molecular weight excluding hydrogens is 282 g/mol. The van der Waals surface area contributed by atoms with Crippen molar-refractivity contribution in [1.82, 2.24) is 5.32 Å². The summed E-state index contributed by atoms with van der Waals surface area (Å²) in [6, 6.07) is 3.51. The van der Waals surface area contributed by atoms with Crippen LogP contribution >= 0.6 is 0 Å². The third kappa shape index (κ3) is 2.52. The number of hydrogen-bond donors (Lipinski definition) is 1. The van der Waals surface area contributed by atoms with Crippen LogP contribution in [0.25, 0.3) is 0 Å². The molecule has 2 heterocycles. The van der Waals surface area contributed by atoms with Gasteiger partial charge in [-0.1, -0.05) is 6.92 Å². The lowest BCUT2D eigenvalue weighted by atomic mass is 9.72. The van der Waals surface area contributed by atoms with Gasteiger partial charge in [-0.05, 0) is 37.9 Å². The van der Waals surface area contributed by atoms with Crippen molar-refractivity contribution in [3.8, 4) is 5.75 Å². The van der Waals surface area contributed by atoms with Gasteiger partial charge in [0.25, 0.3) is 0 Å². The Bertz CT molecular complexity index is 574. The second-order valence-corrected chi connectivity index (χ2v) is 6.37. The lowest BCUT2D eigenvalue weighted by Crippen LogP contribution is -2.60. The maximum atomic E-state index is 11.2. The second-order valence-electron chi connectivity index (χ2n) is 6.37. The number of nitro benzene ring substituents is 1. The summed E-state index contributed by atoms with van der Waals surface area (Å²) in [6.07, 6.45) is 3.22. The molecule has 1 aromatic carbocycles. The molecule has 0 saturated carbocycles. The molecule has 0 atom stereocenters. The number of rotatable bonds is 4. The van der Waals surface area contributed by atoms with E-state index in [1.807, 2.05) is 13.0 Å². The minimum Gasteiger partial charge on any atom is -0.490 e. The molecule has 0 radical (unpaired) electrons. The van der Waals surface area contributed by atoms with Crippen LogP contribution in [0.5, 0.6) is 5.75 Å². The fourth-order valence-electron chi connectivity index (χ4n) is 3.69. The van der Waals surface area contributed by atoms with Crippen LogP contribution in [0.2, 0.25) is 0 Å². The van der Waals surface area contributed by atoms with Crippen molar-refractivity contribution in [3.05, 3.63) is 27.8 Å². The van der Waals surface area contributed by atoms with Crippen LogP contribution in [0.15, 0.2) is 12.1 Å². The van der Waals surface area contributed by atoms with E-state index >= 15 is 0 Å². The Hall–Kier alpha value is -1.82. The Morgan fingerprint density at radius 2 is 2.05 bits per heavy atom. The van der Waals surface area contributed by atoms with Gasteiger partial charge in [0.1, 0.15) is 0 Å². The molecule has 2 fully saturated rings. The SMILES string of the molecule is CCc1cc([N+](=O)[O-])c(OC)cc1N1CC2(CCNCC2)C1. The van der Waals surface area contributed by atoms with E-state index < -0.39 is 0 Å². The third-order valence-electron chi connectivity index (χ3n) is 5.02. The zero-order valence-corrected chi connectivity index (χ0v) is 13.2. The predicted octanol–water partition coefficient (Wildman–Crippen LogP) is 2.36. The maximum absolute atomic E-state index is 11.2. The average Bonchev–Trinajstić information content (AvgIpc) is 2.51. The molecule has 22 heavy (non-hydrogen) atoms. The lowest BCUT2D eigenvalue weighted by Gasteiger charge is -2.54. The monoisotopic (exact) mass is 305 g/mol. The van der Waals surface area contributed by atoms with Gasteiger partial charge in [0.2, 0.25) is 0 Å². The summed E-state index contributed by atoms with van der Waals surface area (Å²) in [5.41, 5.74) is 2.61. The molecular formula is C16H23N3O3. The Morgan fingerprint density at radius 1 is 1.36 bits per heavy atom. The molecule has 6 heteroatoms. The number of methoxy groups -OCH3 is 1.